The Morgan fingerprint density at radius 1 is 1.21 bits per heavy atom. The normalized spacial score (nSPS) is 12.7. The molecular weight excluding hydrogens is 242 g/mol. The maximum atomic E-state index is 11.2. The van der Waals surface area contributed by atoms with Gasteiger partial charge in [0.1, 0.15) is 11.8 Å². The van der Waals surface area contributed by atoms with Gasteiger partial charge < -0.3 is 15.2 Å². The molecule has 4 nitrogen and oxygen atoms in total. The van der Waals surface area contributed by atoms with E-state index in [0.29, 0.717) is 6.42 Å². The van der Waals surface area contributed by atoms with Gasteiger partial charge in [-0.1, -0.05) is 26.0 Å². The highest BCUT2D eigenvalue weighted by Gasteiger charge is 2.18. The predicted octanol–water partition coefficient (Wildman–Crippen LogP) is 2.47. The van der Waals surface area contributed by atoms with Crippen LogP contribution in [0.3, 0.4) is 0 Å². The quantitative estimate of drug-likeness (QED) is 0.795. The molecule has 0 aliphatic heterocycles. The zero-order valence-electron chi connectivity index (χ0n) is 12.0. The molecule has 1 aromatic carbocycles. The Hall–Kier alpha value is -1.55. The Bertz CT molecular complexity index is 398. The topological polar surface area (TPSA) is 58.6 Å². The first-order chi connectivity index (χ1) is 8.88. The van der Waals surface area contributed by atoms with E-state index in [1.807, 2.05) is 52.0 Å². The van der Waals surface area contributed by atoms with Crippen LogP contribution in [-0.4, -0.2) is 29.3 Å². The van der Waals surface area contributed by atoms with E-state index in [4.69, 9.17) is 9.84 Å². The van der Waals surface area contributed by atoms with Gasteiger partial charge in [-0.15, -0.1) is 0 Å². The molecule has 106 valence electrons. The SMILES string of the molecule is CC(C)NC(Cc1ccc(OC(C)C)cc1)C(=O)O. The molecule has 1 rings (SSSR count). The van der Waals surface area contributed by atoms with Gasteiger partial charge in [-0.05, 0) is 38.0 Å². The van der Waals surface area contributed by atoms with E-state index in [0.717, 1.165) is 11.3 Å². The van der Waals surface area contributed by atoms with Crippen molar-refractivity contribution in [3.63, 3.8) is 0 Å². The van der Waals surface area contributed by atoms with Gasteiger partial charge in [-0.25, -0.2) is 0 Å². The van der Waals surface area contributed by atoms with Crippen molar-refractivity contribution in [2.45, 2.75) is 52.3 Å². The monoisotopic (exact) mass is 265 g/mol. The lowest BCUT2D eigenvalue weighted by atomic mass is 10.1. The molecule has 0 amide bonds. The van der Waals surface area contributed by atoms with Crippen molar-refractivity contribution in [1.29, 1.82) is 0 Å². The molecule has 19 heavy (non-hydrogen) atoms. The number of ether oxygens (including phenoxy) is 1. The van der Waals surface area contributed by atoms with E-state index in [9.17, 15) is 4.79 Å². The number of carboxylic acid groups (broad SMARTS) is 1. The van der Waals surface area contributed by atoms with Gasteiger partial charge in [-0.3, -0.25) is 4.79 Å². The number of aliphatic carboxylic acids is 1. The second kappa shape index (κ2) is 7.14. The predicted molar refractivity (Wildman–Crippen MR) is 75.6 cm³/mol. The summed E-state index contributed by atoms with van der Waals surface area (Å²) >= 11 is 0. The fraction of sp³-hybridized carbons (Fsp3) is 0.533. The van der Waals surface area contributed by atoms with E-state index < -0.39 is 12.0 Å². The van der Waals surface area contributed by atoms with Gasteiger partial charge in [0.2, 0.25) is 0 Å². The standard InChI is InChI=1S/C15H23NO3/c1-10(2)16-14(15(17)18)9-12-5-7-13(8-6-12)19-11(3)4/h5-8,10-11,14,16H,9H2,1-4H3,(H,17,18). The lowest BCUT2D eigenvalue weighted by Gasteiger charge is -2.17. The van der Waals surface area contributed by atoms with Crippen LogP contribution in [-0.2, 0) is 11.2 Å². The fourth-order valence-electron chi connectivity index (χ4n) is 1.83. The van der Waals surface area contributed by atoms with E-state index in [2.05, 4.69) is 5.32 Å². The van der Waals surface area contributed by atoms with Gasteiger partial charge in [0, 0.05) is 6.04 Å². The van der Waals surface area contributed by atoms with Crippen molar-refractivity contribution in [2.75, 3.05) is 0 Å². The number of nitrogens with one attached hydrogen (secondary N) is 1. The second-order valence-electron chi connectivity index (χ2n) is 5.23. The zero-order chi connectivity index (χ0) is 14.4. The maximum Gasteiger partial charge on any atom is 0.321 e. The Kier molecular flexibility index (Phi) is 5.83. The average Bonchev–Trinajstić information content (AvgIpc) is 2.29. The van der Waals surface area contributed by atoms with Crippen LogP contribution in [0.15, 0.2) is 24.3 Å². The number of hydrogen-bond acceptors (Lipinski definition) is 3. The van der Waals surface area contributed by atoms with Crippen molar-refractivity contribution < 1.29 is 14.6 Å². The minimum absolute atomic E-state index is 0.139. The highest BCUT2D eigenvalue weighted by Crippen LogP contribution is 2.15. The van der Waals surface area contributed by atoms with Gasteiger partial charge in [-0.2, -0.15) is 0 Å². The Morgan fingerprint density at radius 3 is 2.21 bits per heavy atom. The fourth-order valence-corrected chi connectivity index (χ4v) is 1.83. The molecule has 0 bridgehead atoms. The Balaban J connectivity index is 2.67. The molecule has 0 saturated carbocycles. The lowest BCUT2D eigenvalue weighted by Crippen LogP contribution is -2.42. The summed E-state index contributed by atoms with van der Waals surface area (Å²) in [6.07, 6.45) is 0.607. The Labute approximate surface area is 114 Å². The van der Waals surface area contributed by atoms with Crippen LogP contribution in [0.1, 0.15) is 33.3 Å². The van der Waals surface area contributed by atoms with Crippen molar-refractivity contribution in [1.82, 2.24) is 5.32 Å². The summed E-state index contributed by atoms with van der Waals surface area (Å²) < 4.78 is 5.55. The molecule has 2 N–H and O–H groups in total. The summed E-state index contributed by atoms with van der Waals surface area (Å²) in [4.78, 5) is 11.2. The van der Waals surface area contributed by atoms with Crippen molar-refractivity contribution in [2.24, 2.45) is 0 Å². The van der Waals surface area contributed by atoms with Crippen LogP contribution in [0.5, 0.6) is 5.75 Å². The molecule has 1 unspecified atom stereocenters. The first kappa shape index (κ1) is 15.5. The van der Waals surface area contributed by atoms with E-state index in [-0.39, 0.29) is 12.1 Å². The van der Waals surface area contributed by atoms with Crippen molar-refractivity contribution in [3.8, 4) is 5.75 Å². The number of carboxylic acids is 1. The summed E-state index contributed by atoms with van der Waals surface area (Å²) in [5.41, 5.74) is 0.983. The molecule has 0 heterocycles. The highest BCUT2D eigenvalue weighted by atomic mass is 16.5. The smallest absolute Gasteiger partial charge is 0.321 e. The third kappa shape index (κ3) is 5.75. The summed E-state index contributed by atoms with van der Waals surface area (Å²) in [5.74, 6) is -0.0151. The van der Waals surface area contributed by atoms with E-state index in [1.54, 1.807) is 0 Å². The van der Waals surface area contributed by atoms with Gasteiger partial charge >= 0.3 is 5.97 Å². The number of rotatable bonds is 7. The molecule has 0 spiro atoms. The molecule has 0 aromatic heterocycles. The van der Waals surface area contributed by atoms with Crippen LogP contribution in [0.4, 0.5) is 0 Å². The lowest BCUT2D eigenvalue weighted by molar-refractivity contribution is -0.139. The number of carbonyl (C=O) groups is 1. The average molecular weight is 265 g/mol. The van der Waals surface area contributed by atoms with Crippen molar-refractivity contribution in [3.05, 3.63) is 29.8 Å². The number of hydrogen-bond donors (Lipinski definition) is 2. The van der Waals surface area contributed by atoms with Gasteiger partial charge in [0.25, 0.3) is 0 Å². The van der Waals surface area contributed by atoms with E-state index >= 15 is 0 Å². The van der Waals surface area contributed by atoms with Crippen LogP contribution >= 0.6 is 0 Å². The first-order valence-electron chi connectivity index (χ1n) is 6.63. The minimum Gasteiger partial charge on any atom is -0.491 e. The third-order valence-corrected chi connectivity index (χ3v) is 2.57. The van der Waals surface area contributed by atoms with Crippen LogP contribution < -0.4 is 10.1 Å². The van der Waals surface area contributed by atoms with Crippen LogP contribution in [0.2, 0.25) is 0 Å². The van der Waals surface area contributed by atoms with Gasteiger partial charge in [0.05, 0.1) is 6.10 Å². The largest absolute Gasteiger partial charge is 0.491 e. The van der Waals surface area contributed by atoms with E-state index in [1.165, 1.54) is 0 Å². The molecule has 0 aliphatic rings. The Morgan fingerprint density at radius 2 is 1.79 bits per heavy atom. The molecule has 4 heteroatoms. The summed E-state index contributed by atoms with van der Waals surface area (Å²) in [7, 11) is 0. The van der Waals surface area contributed by atoms with Crippen LogP contribution in [0.25, 0.3) is 0 Å². The maximum absolute atomic E-state index is 11.2. The van der Waals surface area contributed by atoms with Gasteiger partial charge in [0.15, 0.2) is 0 Å². The molecule has 0 radical (unpaired) electrons. The van der Waals surface area contributed by atoms with Crippen LogP contribution in [0, 0.1) is 0 Å². The zero-order valence-corrected chi connectivity index (χ0v) is 12.0. The minimum atomic E-state index is -0.823. The summed E-state index contributed by atoms with van der Waals surface area (Å²) in [6, 6.07) is 7.17. The summed E-state index contributed by atoms with van der Waals surface area (Å²) in [6.45, 7) is 7.83. The number of benzene rings is 1. The molecule has 0 saturated heterocycles. The molecule has 0 aliphatic carbocycles. The third-order valence-electron chi connectivity index (χ3n) is 2.57. The first-order valence-corrected chi connectivity index (χ1v) is 6.63. The molecule has 1 atom stereocenters. The van der Waals surface area contributed by atoms with Crippen molar-refractivity contribution >= 4 is 5.97 Å². The highest BCUT2D eigenvalue weighted by molar-refractivity contribution is 5.74. The molecular formula is C15H23NO3. The molecule has 0 fully saturated rings. The second-order valence-corrected chi connectivity index (χ2v) is 5.23. The summed E-state index contributed by atoms with van der Waals surface area (Å²) in [5, 5.41) is 12.2. The molecule has 1 aromatic rings.